The Bertz CT molecular complexity index is 830. The highest BCUT2D eigenvalue weighted by Gasteiger charge is 2.22. The molecule has 0 spiro atoms. The Morgan fingerprint density at radius 2 is 2.21 bits per heavy atom. The molecule has 0 aliphatic rings. The largest absolute Gasteiger partial charge is 0.479 e. The molecule has 0 radical (unpaired) electrons. The second-order valence-electron chi connectivity index (χ2n) is 4.45. The number of oxime groups is 1. The normalized spacial score (nSPS) is 11.4. The molecule has 24 heavy (non-hydrogen) atoms. The van der Waals surface area contributed by atoms with Gasteiger partial charge in [-0.1, -0.05) is 28.5 Å². The van der Waals surface area contributed by atoms with E-state index in [0.717, 1.165) is 11.8 Å². The van der Waals surface area contributed by atoms with Gasteiger partial charge in [-0.05, 0) is 13.0 Å². The number of rotatable bonds is 5. The predicted molar refractivity (Wildman–Crippen MR) is 89.2 cm³/mol. The Hall–Kier alpha value is -2.59. The zero-order valence-corrected chi connectivity index (χ0v) is 14.1. The van der Waals surface area contributed by atoms with Gasteiger partial charge in [0.1, 0.15) is 17.0 Å². The van der Waals surface area contributed by atoms with Crippen LogP contribution in [0.2, 0.25) is 5.02 Å². The van der Waals surface area contributed by atoms with Crippen molar-refractivity contribution < 1.29 is 14.9 Å². The van der Waals surface area contributed by atoms with E-state index in [1.165, 1.54) is 32.5 Å². The minimum absolute atomic E-state index is 0.155. The molecule has 1 aromatic carbocycles. The minimum atomic E-state index is -0.568. The average Bonchev–Trinajstić information content (AvgIpc) is 2.56. The van der Waals surface area contributed by atoms with Crippen molar-refractivity contribution >= 4 is 40.4 Å². The summed E-state index contributed by atoms with van der Waals surface area (Å²) in [6.07, 6.45) is 1.24. The highest BCUT2D eigenvalue weighted by Crippen LogP contribution is 2.40. The summed E-state index contributed by atoms with van der Waals surface area (Å²) >= 11 is 7.08. The maximum Gasteiger partial charge on any atom is 0.284 e. The van der Waals surface area contributed by atoms with E-state index in [9.17, 15) is 10.1 Å². The van der Waals surface area contributed by atoms with E-state index in [1.807, 2.05) is 0 Å². The van der Waals surface area contributed by atoms with Gasteiger partial charge in [-0.25, -0.2) is 4.98 Å². The Kier molecular flexibility index (Phi) is 5.42. The van der Waals surface area contributed by atoms with Gasteiger partial charge in [0, 0.05) is 11.6 Å². The SMILES string of the molecule is COc1ncnc(Sc2cc(Cl)c(C(C)=NO)cc2[N+](=O)[O-])c1N. The molecule has 11 heteroatoms. The fourth-order valence-electron chi connectivity index (χ4n) is 1.81. The molecule has 0 fully saturated rings. The molecule has 126 valence electrons. The highest BCUT2D eigenvalue weighted by molar-refractivity contribution is 7.99. The molecule has 0 atom stereocenters. The van der Waals surface area contributed by atoms with Crippen LogP contribution in [0.3, 0.4) is 0 Å². The number of hydrogen-bond donors (Lipinski definition) is 2. The van der Waals surface area contributed by atoms with Crippen molar-refractivity contribution in [3.05, 3.63) is 39.2 Å². The van der Waals surface area contributed by atoms with Gasteiger partial charge >= 0.3 is 0 Å². The quantitative estimate of drug-likeness (QED) is 0.270. The Morgan fingerprint density at radius 1 is 1.50 bits per heavy atom. The minimum Gasteiger partial charge on any atom is -0.479 e. The number of methoxy groups -OCH3 is 1. The van der Waals surface area contributed by atoms with E-state index in [4.69, 9.17) is 27.3 Å². The third kappa shape index (κ3) is 3.49. The number of ether oxygens (including phenoxy) is 1. The summed E-state index contributed by atoms with van der Waals surface area (Å²) in [6, 6.07) is 2.62. The number of nitro groups is 1. The van der Waals surface area contributed by atoms with E-state index < -0.39 is 4.92 Å². The van der Waals surface area contributed by atoms with Crippen LogP contribution in [0.15, 0.2) is 33.5 Å². The number of nitrogen functional groups attached to an aromatic ring is 1. The first kappa shape index (κ1) is 17.8. The molecule has 0 aliphatic carbocycles. The molecule has 0 amide bonds. The first-order valence-corrected chi connectivity index (χ1v) is 7.57. The second kappa shape index (κ2) is 7.32. The average molecular weight is 370 g/mol. The van der Waals surface area contributed by atoms with Crippen LogP contribution >= 0.6 is 23.4 Å². The lowest BCUT2D eigenvalue weighted by atomic mass is 10.1. The van der Waals surface area contributed by atoms with Gasteiger partial charge in [-0.2, -0.15) is 4.98 Å². The molecular formula is C13H12ClN5O4S. The maximum absolute atomic E-state index is 11.4. The molecule has 0 saturated heterocycles. The Morgan fingerprint density at radius 3 is 2.79 bits per heavy atom. The van der Waals surface area contributed by atoms with Crippen LogP contribution in [0.1, 0.15) is 12.5 Å². The molecular weight excluding hydrogens is 358 g/mol. The molecule has 0 saturated carbocycles. The van der Waals surface area contributed by atoms with Gasteiger partial charge in [-0.15, -0.1) is 0 Å². The van der Waals surface area contributed by atoms with E-state index in [1.54, 1.807) is 0 Å². The lowest BCUT2D eigenvalue weighted by molar-refractivity contribution is -0.387. The highest BCUT2D eigenvalue weighted by atomic mass is 35.5. The van der Waals surface area contributed by atoms with Crippen molar-refractivity contribution in [1.82, 2.24) is 9.97 Å². The fourth-order valence-corrected chi connectivity index (χ4v) is 3.10. The molecule has 1 heterocycles. The lowest BCUT2D eigenvalue weighted by Gasteiger charge is -2.09. The summed E-state index contributed by atoms with van der Waals surface area (Å²) in [4.78, 5) is 18.9. The topological polar surface area (TPSA) is 137 Å². The Labute approximate surface area is 145 Å². The van der Waals surface area contributed by atoms with Crippen LogP contribution in [0, 0.1) is 10.1 Å². The number of nitrogens with zero attached hydrogens (tertiary/aromatic N) is 4. The predicted octanol–water partition coefficient (Wildman–Crippen LogP) is 2.98. The van der Waals surface area contributed by atoms with Gasteiger partial charge in [0.25, 0.3) is 5.69 Å². The van der Waals surface area contributed by atoms with E-state index in [0.29, 0.717) is 5.03 Å². The number of aromatic nitrogens is 2. The summed E-state index contributed by atoms with van der Waals surface area (Å²) in [6.45, 7) is 1.48. The summed E-state index contributed by atoms with van der Waals surface area (Å²) in [7, 11) is 1.40. The second-order valence-corrected chi connectivity index (χ2v) is 5.88. The number of nitro benzene ring substituents is 1. The first-order chi connectivity index (χ1) is 11.4. The zero-order chi connectivity index (χ0) is 17.9. The van der Waals surface area contributed by atoms with Crippen molar-refractivity contribution in [2.45, 2.75) is 16.8 Å². The molecule has 0 aliphatic heterocycles. The summed E-state index contributed by atoms with van der Waals surface area (Å²) in [5, 5.41) is 23.7. The third-order valence-corrected chi connectivity index (χ3v) is 4.37. The summed E-state index contributed by atoms with van der Waals surface area (Å²) < 4.78 is 5.00. The number of halogens is 1. The van der Waals surface area contributed by atoms with Crippen molar-refractivity contribution in [1.29, 1.82) is 0 Å². The summed E-state index contributed by atoms with van der Waals surface area (Å²) in [5.74, 6) is 0.168. The molecule has 2 aromatic rings. The van der Waals surface area contributed by atoms with Crippen LogP contribution in [-0.2, 0) is 0 Å². The van der Waals surface area contributed by atoms with Gasteiger partial charge in [0.15, 0.2) is 0 Å². The molecule has 2 rings (SSSR count). The van der Waals surface area contributed by atoms with Crippen LogP contribution in [0.5, 0.6) is 5.88 Å². The third-order valence-electron chi connectivity index (χ3n) is 3.00. The smallest absolute Gasteiger partial charge is 0.284 e. The standard InChI is InChI=1S/C13H12ClN5O4S/c1-6(18-20)7-3-9(19(21)22)10(4-8(7)14)24-13-11(15)12(23-2)16-5-17-13/h3-5,20H,15H2,1-2H3. The molecule has 3 N–H and O–H groups in total. The van der Waals surface area contributed by atoms with E-state index in [-0.39, 0.29) is 38.4 Å². The van der Waals surface area contributed by atoms with Gasteiger partial charge in [0.05, 0.1) is 27.7 Å². The molecule has 0 bridgehead atoms. The van der Waals surface area contributed by atoms with E-state index in [2.05, 4.69) is 15.1 Å². The first-order valence-electron chi connectivity index (χ1n) is 6.38. The number of benzene rings is 1. The molecule has 0 unspecified atom stereocenters. The van der Waals surface area contributed by atoms with Gasteiger partial charge < -0.3 is 15.7 Å². The van der Waals surface area contributed by atoms with Crippen LogP contribution < -0.4 is 10.5 Å². The molecule has 9 nitrogen and oxygen atoms in total. The van der Waals surface area contributed by atoms with Gasteiger partial charge in [-0.3, -0.25) is 10.1 Å². The summed E-state index contributed by atoms with van der Waals surface area (Å²) in [5.41, 5.74) is 6.23. The molecule has 1 aromatic heterocycles. The number of nitrogens with two attached hydrogens (primary N) is 1. The van der Waals surface area contributed by atoms with Crippen molar-refractivity contribution in [3.63, 3.8) is 0 Å². The number of hydrogen-bond acceptors (Lipinski definition) is 9. The van der Waals surface area contributed by atoms with Crippen LogP contribution in [-0.4, -0.2) is 32.9 Å². The maximum atomic E-state index is 11.4. The zero-order valence-electron chi connectivity index (χ0n) is 12.6. The lowest BCUT2D eigenvalue weighted by Crippen LogP contribution is -2.01. The van der Waals surface area contributed by atoms with Crippen molar-refractivity contribution in [3.8, 4) is 5.88 Å². The van der Waals surface area contributed by atoms with Gasteiger partial charge in [0.2, 0.25) is 5.88 Å². The van der Waals surface area contributed by atoms with Crippen LogP contribution in [0.25, 0.3) is 0 Å². The van der Waals surface area contributed by atoms with Crippen molar-refractivity contribution in [2.75, 3.05) is 12.8 Å². The Balaban J connectivity index is 2.55. The van der Waals surface area contributed by atoms with E-state index >= 15 is 0 Å². The van der Waals surface area contributed by atoms with Crippen molar-refractivity contribution in [2.24, 2.45) is 5.16 Å². The monoisotopic (exact) mass is 369 g/mol. The fraction of sp³-hybridized carbons (Fsp3) is 0.154. The van der Waals surface area contributed by atoms with Crippen LogP contribution in [0.4, 0.5) is 11.4 Å². The number of anilines is 1.